The van der Waals surface area contributed by atoms with Gasteiger partial charge in [-0.15, -0.1) is 0 Å². The number of allylic oxidation sites excluding steroid dienone is 1. The molecule has 2 aromatic carbocycles. The number of nitrogens with zero attached hydrogens (tertiary/aromatic N) is 2. The van der Waals surface area contributed by atoms with Crippen LogP contribution >= 0.6 is 0 Å². The number of anilines is 2. The lowest BCUT2D eigenvalue weighted by Gasteiger charge is -2.36. The fraction of sp³-hybridized carbons (Fsp3) is 0.167. The Kier molecular flexibility index (Phi) is 7.66. The number of hydrogen-bond donors (Lipinski definition) is 3. The number of nitrogens with one attached hydrogen (secondary N) is 1. The second-order valence-corrected chi connectivity index (χ2v) is 9.06. The SMILES string of the molecule is COC(=O)C1=C(C(=O)OC)N(c2cc(NC(C)=O)ccc2S(=O)(=O)O)C(N)=C(C#N)C1c1ccccc1. The van der Waals surface area contributed by atoms with E-state index < -0.39 is 56.0 Å². The zero-order valence-electron chi connectivity index (χ0n) is 19.9. The van der Waals surface area contributed by atoms with E-state index in [2.05, 4.69) is 5.32 Å². The summed E-state index contributed by atoms with van der Waals surface area (Å²) in [5.41, 5.74) is 5.27. The van der Waals surface area contributed by atoms with Crippen LogP contribution in [0.5, 0.6) is 0 Å². The summed E-state index contributed by atoms with van der Waals surface area (Å²) in [7, 11) is -2.86. The van der Waals surface area contributed by atoms with Gasteiger partial charge in [-0.1, -0.05) is 30.3 Å². The lowest BCUT2D eigenvalue weighted by Crippen LogP contribution is -2.41. The van der Waals surface area contributed by atoms with Gasteiger partial charge >= 0.3 is 11.9 Å². The fourth-order valence-electron chi connectivity index (χ4n) is 3.95. The van der Waals surface area contributed by atoms with Gasteiger partial charge in [-0.05, 0) is 23.8 Å². The van der Waals surface area contributed by atoms with Gasteiger partial charge in [0.2, 0.25) is 5.91 Å². The highest BCUT2D eigenvalue weighted by molar-refractivity contribution is 7.86. The van der Waals surface area contributed by atoms with Crippen LogP contribution in [0, 0.1) is 11.3 Å². The summed E-state index contributed by atoms with van der Waals surface area (Å²) in [5, 5.41) is 12.5. The molecule has 0 radical (unpaired) electrons. The van der Waals surface area contributed by atoms with E-state index in [1.165, 1.54) is 13.0 Å². The molecule has 37 heavy (non-hydrogen) atoms. The predicted molar refractivity (Wildman–Crippen MR) is 130 cm³/mol. The van der Waals surface area contributed by atoms with Crippen molar-refractivity contribution in [2.24, 2.45) is 5.73 Å². The number of rotatable bonds is 6. The second kappa shape index (κ2) is 10.5. The lowest BCUT2D eigenvalue weighted by atomic mass is 9.81. The van der Waals surface area contributed by atoms with E-state index in [9.17, 15) is 32.6 Å². The van der Waals surface area contributed by atoms with Crippen LogP contribution in [0.2, 0.25) is 0 Å². The molecule has 0 aliphatic carbocycles. The number of benzene rings is 2. The highest BCUT2D eigenvalue weighted by atomic mass is 32.2. The summed E-state index contributed by atoms with van der Waals surface area (Å²) in [6.07, 6.45) is 0. The van der Waals surface area contributed by atoms with E-state index in [1.807, 2.05) is 6.07 Å². The fourth-order valence-corrected chi connectivity index (χ4v) is 4.61. The van der Waals surface area contributed by atoms with E-state index in [4.69, 9.17) is 15.2 Å². The molecule has 4 N–H and O–H groups in total. The highest BCUT2D eigenvalue weighted by Gasteiger charge is 2.44. The Morgan fingerprint density at radius 3 is 2.22 bits per heavy atom. The predicted octanol–water partition coefficient (Wildman–Crippen LogP) is 1.79. The summed E-state index contributed by atoms with van der Waals surface area (Å²) in [6, 6.07) is 13.4. The topological polar surface area (TPSA) is 189 Å². The molecule has 0 bridgehead atoms. The molecule has 0 saturated carbocycles. The summed E-state index contributed by atoms with van der Waals surface area (Å²) in [6.45, 7) is 1.21. The van der Waals surface area contributed by atoms with Crippen LogP contribution in [0.25, 0.3) is 0 Å². The number of carbonyl (C=O) groups is 3. The lowest BCUT2D eigenvalue weighted by molar-refractivity contribution is -0.139. The average Bonchev–Trinajstić information content (AvgIpc) is 2.86. The maximum absolute atomic E-state index is 13.2. The van der Waals surface area contributed by atoms with Crippen molar-refractivity contribution in [3.63, 3.8) is 0 Å². The number of amides is 1. The third-order valence-corrected chi connectivity index (χ3v) is 6.31. The molecule has 0 aromatic heterocycles. The summed E-state index contributed by atoms with van der Waals surface area (Å²) in [5.74, 6) is -4.25. The van der Waals surface area contributed by atoms with Gasteiger partial charge < -0.3 is 20.5 Å². The molecule has 13 heteroatoms. The maximum Gasteiger partial charge on any atom is 0.355 e. The first-order valence-corrected chi connectivity index (χ1v) is 11.9. The number of ether oxygens (including phenoxy) is 2. The molecule has 1 aliphatic rings. The minimum absolute atomic E-state index is 0.0650. The van der Waals surface area contributed by atoms with Crippen molar-refractivity contribution in [3.8, 4) is 6.07 Å². The van der Waals surface area contributed by atoms with Crippen LogP contribution in [0.1, 0.15) is 18.4 Å². The molecule has 1 amide bonds. The molecule has 1 unspecified atom stereocenters. The molecule has 2 aromatic rings. The van der Waals surface area contributed by atoms with Crippen LogP contribution < -0.4 is 16.0 Å². The van der Waals surface area contributed by atoms with Gasteiger partial charge in [-0.2, -0.15) is 13.7 Å². The van der Waals surface area contributed by atoms with E-state index >= 15 is 0 Å². The number of methoxy groups -OCH3 is 2. The first-order chi connectivity index (χ1) is 17.5. The van der Waals surface area contributed by atoms with Gasteiger partial charge in [0.25, 0.3) is 10.1 Å². The minimum Gasteiger partial charge on any atom is -0.466 e. The van der Waals surface area contributed by atoms with E-state index in [1.54, 1.807) is 30.3 Å². The maximum atomic E-state index is 13.2. The third kappa shape index (κ3) is 5.15. The highest BCUT2D eigenvalue weighted by Crippen LogP contribution is 2.45. The van der Waals surface area contributed by atoms with Crippen LogP contribution in [-0.2, 0) is 34.0 Å². The van der Waals surface area contributed by atoms with Crippen molar-refractivity contribution in [1.82, 2.24) is 0 Å². The van der Waals surface area contributed by atoms with Gasteiger partial charge in [0.15, 0.2) is 0 Å². The number of nitrogens with two attached hydrogens (primary N) is 1. The molecule has 0 spiro atoms. The molecular weight excluding hydrogens is 504 g/mol. The van der Waals surface area contributed by atoms with E-state index in [-0.39, 0.29) is 16.8 Å². The van der Waals surface area contributed by atoms with Gasteiger partial charge in [0.1, 0.15) is 16.4 Å². The Bertz CT molecular complexity index is 1490. The first kappa shape index (κ1) is 26.9. The number of nitriles is 1. The summed E-state index contributed by atoms with van der Waals surface area (Å²) < 4.78 is 44.3. The van der Waals surface area contributed by atoms with Crippen molar-refractivity contribution in [1.29, 1.82) is 5.26 Å². The molecule has 3 rings (SSSR count). The molecule has 12 nitrogen and oxygen atoms in total. The van der Waals surface area contributed by atoms with E-state index in [0.29, 0.717) is 5.56 Å². The monoisotopic (exact) mass is 526 g/mol. The Morgan fingerprint density at radius 1 is 1.08 bits per heavy atom. The van der Waals surface area contributed by atoms with Crippen molar-refractivity contribution >= 4 is 39.3 Å². The van der Waals surface area contributed by atoms with Gasteiger partial charge in [-0.3, -0.25) is 14.2 Å². The zero-order valence-corrected chi connectivity index (χ0v) is 20.7. The second-order valence-electron chi connectivity index (χ2n) is 7.67. The van der Waals surface area contributed by atoms with Crippen LogP contribution in [0.4, 0.5) is 11.4 Å². The number of hydrogen-bond acceptors (Lipinski definition) is 10. The standard InChI is InChI=1S/C24H22N4O8S/c1-13(29)27-15-9-10-18(37(32,33)34)17(11-15)28-21(24(31)36-3)20(23(30)35-2)19(16(12-25)22(28)26)14-7-5-4-6-8-14/h4-11,19H,26H2,1-3H3,(H,27,29)(H,32,33,34). The van der Waals surface area contributed by atoms with Crippen molar-refractivity contribution in [3.05, 3.63) is 76.8 Å². The molecule has 1 heterocycles. The Morgan fingerprint density at radius 2 is 1.70 bits per heavy atom. The van der Waals surface area contributed by atoms with Gasteiger partial charge in [-0.25, -0.2) is 9.59 Å². The number of esters is 2. The van der Waals surface area contributed by atoms with Gasteiger partial charge in [0.05, 0.1) is 43.0 Å². The normalized spacial score (nSPS) is 15.6. The largest absolute Gasteiger partial charge is 0.466 e. The van der Waals surface area contributed by atoms with Crippen molar-refractivity contribution < 1.29 is 36.8 Å². The summed E-state index contributed by atoms with van der Waals surface area (Å²) >= 11 is 0. The molecule has 1 atom stereocenters. The molecule has 192 valence electrons. The quantitative estimate of drug-likeness (QED) is 0.367. The van der Waals surface area contributed by atoms with Gasteiger partial charge in [0, 0.05) is 12.6 Å². The third-order valence-electron chi connectivity index (χ3n) is 5.41. The van der Waals surface area contributed by atoms with E-state index in [0.717, 1.165) is 31.3 Å². The van der Waals surface area contributed by atoms with Crippen LogP contribution in [0.3, 0.4) is 0 Å². The van der Waals surface area contributed by atoms with Crippen LogP contribution in [0.15, 0.2) is 76.1 Å². The number of carbonyl (C=O) groups excluding carboxylic acids is 3. The zero-order chi connectivity index (χ0) is 27.5. The average molecular weight is 527 g/mol. The Hall–Kier alpha value is -4.67. The Balaban J connectivity index is 2.52. The molecular formula is C24H22N4O8S. The van der Waals surface area contributed by atoms with Crippen molar-refractivity contribution in [2.45, 2.75) is 17.7 Å². The molecule has 0 saturated heterocycles. The van der Waals surface area contributed by atoms with Crippen molar-refractivity contribution in [2.75, 3.05) is 24.4 Å². The molecule has 0 fully saturated rings. The molecule has 1 aliphatic heterocycles. The Labute approximate surface area is 212 Å². The smallest absolute Gasteiger partial charge is 0.355 e. The first-order valence-electron chi connectivity index (χ1n) is 10.5. The van der Waals surface area contributed by atoms with Crippen LogP contribution in [-0.4, -0.2) is 45.0 Å². The summed E-state index contributed by atoms with van der Waals surface area (Å²) in [4.78, 5) is 38.0. The minimum atomic E-state index is -4.95.